The second-order valence-electron chi connectivity index (χ2n) is 6.35. The van der Waals surface area contributed by atoms with Gasteiger partial charge in [-0.1, -0.05) is 38.0 Å². The topological polar surface area (TPSA) is 56.1 Å². The van der Waals surface area contributed by atoms with Crippen LogP contribution >= 0.6 is 0 Å². The summed E-state index contributed by atoms with van der Waals surface area (Å²) in [6.07, 6.45) is 3.21. The van der Waals surface area contributed by atoms with Gasteiger partial charge in [0.05, 0.1) is 18.5 Å². The molecule has 1 heterocycles. The van der Waals surface area contributed by atoms with Crippen LogP contribution in [0.2, 0.25) is 0 Å². The van der Waals surface area contributed by atoms with Crippen LogP contribution in [0, 0.1) is 0 Å². The number of hydrogen-bond donors (Lipinski definition) is 1. The fraction of sp³-hybridized carbons (Fsp3) is 0.273. The quantitative estimate of drug-likeness (QED) is 0.601. The number of nitrogens with zero attached hydrogens (tertiary/aromatic N) is 2. The van der Waals surface area contributed by atoms with Gasteiger partial charge in [0.25, 0.3) is 5.91 Å². The minimum atomic E-state index is -0.109. The number of unbranched alkanes of at least 4 members (excludes halogenated alkanes) is 2. The van der Waals surface area contributed by atoms with E-state index in [4.69, 9.17) is 4.74 Å². The lowest BCUT2D eigenvalue weighted by molar-refractivity contribution is 0.0945. The van der Waals surface area contributed by atoms with E-state index in [1.165, 1.54) is 0 Å². The Labute approximate surface area is 160 Å². The number of rotatable bonds is 8. The third-order valence-electron chi connectivity index (χ3n) is 4.39. The zero-order valence-corrected chi connectivity index (χ0v) is 15.8. The first-order chi connectivity index (χ1) is 13.2. The zero-order chi connectivity index (χ0) is 19.1. The Kier molecular flexibility index (Phi) is 6.26. The maximum Gasteiger partial charge on any atom is 0.270 e. The molecule has 1 aromatic heterocycles. The summed E-state index contributed by atoms with van der Waals surface area (Å²) in [6, 6.07) is 19.2. The molecule has 0 spiro atoms. The van der Waals surface area contributed by atoms with Gasteiger partial charge < -0.3 is 10.1 Å². The third kappa shape index (κ3) is 4.56. The van der Waals surface area contributed by atoms with Crippen LogP contribution in [0.4, 0.5) is 0 Å². The van der Waals surface area contributed by atoms with Crippen LogP contribution in [0.1, 0.15) is 36.7 Å². The van der Waals surface area contributed by atoms with Crippen LogP contribution in [0.5, 0.6) is 5.75 Å². The average Bonchev–Trinajstić information content (AvgIpc) is 3.17. The number of nitrogens with one attached hydrogen (secondary N) is 1. The van der Waals surface area contributed by atoms with Gasteiger partial charge in [-0.05, 0) is 48.9 Å². The normalized spacial score (nSPS) is 10.6. The number of hydrogen-bond acceptors (Lipinski definition) is 3. The molecule has 0 fully saturated rings. The van der Waals surface area contributed by atoms with Crippen molar-refractivity contribution in [2.45, 2.75) is 26.2 Å². The second-order valence-corrected chi connectivity index (χ2v) is 6.35. The van der Waals surface area contributed by atoms with Crippen molar-refractivity contribution in [2.75, 3.05) is 13.7 Å². The predicted octanol–water partition coefficient (Wildman–Crippen LogP) is 4.47. The monoisotopic (exact) mass is 363 g/mol. The van der Waals surface area contributed by atoms with E-state index in [1.807, 2.05) is 60.7 Å². The average molecular weight is 363 g/mol. The van der Waals surface area contributed by atoms with E-state index in [0.29, 0.717) is 12.2 Å². The Morgan fingerprint density at radius 2 is 1.81 bits per heavy atom. The van der Waals surface area contributed by atoms with E-state index in [-0.39, 0.29) is 5.91 Å². The largest absolute Gasteiger partial charge is 0.497 e. The highest BCUT2D eigenvalue weighted by Gasteiger charge is 2.17. The molecule has 27 heavy (non-hydrogen) atoms. The Morgan fingerprint density at radius 1 is 1.07 bits per heavy atom. The van der Waals surface area contributed by atoms with Crippen molar-refractivity contribution < 1.29 is 9.53 Å². The number of benzene rings is 2. The third-order valence-corrected chi connectivity index (χ3v) is 4.39. The standard InChI is InChI=1S/C22H25N3O2/c1-3-4-8-15-23-22(26)21-16-20(17-11-13-19(27-2)14-12-17)24-25(21)18-9-6-5-7-10-18/h5-7,9-14,16H,3-4,8,15H2,1-2H3,(H,23,26). The molecule has 5 heteroatoms. The highest BCUT2D eigenvalue weighted by Crippen LogP contribution is 2.24. The van der Waals surface area contributed by atoms with Gasteiger partial charge in [0.1, 0.15) is 11.4 Å². The van der Waals surface area contributed by atoms with E-state index in [2.05, 4.69) is 17.3 Å². The lowest BCUT2D eigenvalue weighted by Crippen LogP contribution is -2.26. The molecule has 0 saturated heterocycles. The fourth-order valence-corrected chi connectivity index (χ4v) is 2.88. The maximum absolute atomic E-state index is 12.8. The Hall–Kier alpha value is -3.08. The lowest BCUT2D eigenvalue weighted by Gasteiger charge is -2.08. The molecule has 0 aliphatic heterocycles. The van der Waals surface area contributed by atoms with E-state index in [9.17, 15) is 4.79 Å². The van der Waals surface area contributed by atoms with Crippen LogP contribution in [-0.4, -0.2) is 29.3 Å². The first-order valence-electron chi connectivity index (χ1n) is 9.31. The minimum absolute atomic E-state index is 0.109. The molecule has 0 atom stereocenters. The van der Waals surface area contributed by atoms with Crippen LogP contribution in [0.25, 0.3) is 16.9 Å². The molecule has 0 saturated carbocycles. The Bertz CT molecular complexity index is 870. The summed E-state index contributed by atoms with van der Waals surface area (Å²) < 4.78 is 6.92. The van der Waals surface area contributed by atoms with Gasteiger partial charge in [-0.2, -0.15) is 5.10 Å². The molecule has 0 unspecified atom stereocenters. The maximum atomic E-state index is 12.8. The van der Waals surface area contributed by atoms with Crippen molar-refractivity contribution in [3.8, 4) is 22.7 Å². The van der Waals surface area contributed by atoms with Gasteiger partial charge in [-0.25, -0.2) is 4.68 Å². The molecule has 0 bridgehead atoms. The molecule has 3 rings (SSSR count). The number of aromatic nitrogens is 2. The number of amides is 1. The van der Waals surface area contributed by atoms with Gasteiger partial charge in [0.15, 0.2) is 0 Å². The molecule has 3 aromatic rings. The van der Waals surface area contributed by atoms with Crippen LogP contribution in [0.15, 0.2) is 60.7 Å². The van der Waals surface area contributed by atoms with Gasteiger partial charge in [-0.15, -0.1) is 0 Å². The van der Waals surface area contributed by atoms with Crippen molar-refractivity contribution in [1.82, 2.24) is 15.1 Å². The highest BCUT2D eigenvalue weighted by molar-refractivity contribution is 5.94. The number of ether oxygens (including phenoxy) is 1. The summed E-state index contributed by atoms with van der Waals surface area (Å²) in [5.41, 5.74) is 3.07. The van der Waals surface area contributed by atoms with E-state index in [0.717, 1.165) is 42.0 Å². The smallest absolute Gasteiger partial charge is 0.270 e. The van der Waals surface area contributed by atoms with Crippen LogP contribution in [0.3, 0.4) is 0 Å². The lowest BCUT2D eigenvalue weighted by atomic mass is 10.1. The van der Waals surface area contributed by atoms with Crippen molar-refractivity contribution in [3.05, 3.63) is 66.4 Å². The summed E-state index contributed by atoms with van der Waals surface area (Å²) >= 11 is 0. The molecular weight excluding hydrogens is 338 g/mol. The van der Waals surface area contributed by atoms with Crippen molar-refractivity contribution in [3.63, 3.8) is 0 Å². The first-order valence-corrected chi connectivity index (χ1v) is 9.31. The van der Waals surface area contributed by atoms with E-state index in [1.54, 1.807) is 11.8 Å². The molecular formula is C22H25N3O2. The highest BCUT2D eigenvalue weighted by atomic mass is 16.5. The SMILES string of the molecule is CCCCCNC(=O)c1cc(-c2ccc(OC)cc2)nn1-c1ccccc1. The molecule has 140 valence electrons. The summed E-state index contributed by atoms with van der Waals surface area (Å²) in [7, 11) is 1.64. The van der Waals surface area contributed by atoms with E-state index >= 15 is 0 Å². The molecule has 0 radical (unpaired) electrons. The number of carbonyl (C=O) groups is 1. The molecule has 2 aromatic carbocycles. The molecule has 5 nitrogen and oxygen atoms in total. The zero-order valence-electron chi connectivity index (χ0n) is 15.8. The second kappa shape index (κ2) is 9.03. The van der Waals surface area contributed by atoms with Gasteiger partial charge >= 0.3 is 0 Å². The molecule has 0 aliphatic carbocycles. The van der Waals surface area contributed by atoms with Crippen molar-refractivity contribution in [2.24, 2.45) is 0 Å². The number of para-hydroxylation sites is 1. The van der Waals surface area contributed by atoms with Gasteiger partial charge in [-0.3, -0.25) is 4.79 Å². The van der Waals surface area contributed by atoms with E-state index < -0.39 is 0 Å². The van der Waals surface area contributed by atoms with Crippen LogP contribution in [-0.2, 0) is 0 Å². The molecule has 0 aliphatic rings. The molecule has 1 N–H and O–H groups in total. The van der Waals surface area contributed by atoms with Crippen LogP contribution < -0.4 is 10.1 Å². The van der Waals surface area contributed by atoms with Crippen molar-refractivity contribution in [1.29, 1.82) is 0 Å². The minimum Gasteiger partial charge on any atom is -0.497 e. The number of carbonyl (C=O) groups excluding carboxylic acids is 1. The van der Waals surface area contributed by atoms with Gasteiger partial charge in [0, 0.05) is 12.1 Å². The Balaban J connectivity index is 1.92. The summed E-state index contributed by atoms with van der Waals surface area (Å²) in [4.78, 5) is 12.8. The first kappa shape index (κ1) is 18.7. The molecule has 1 amide bonds. The predicted molar refractivity (Wildman–Crippen MR) is 107 cm³/mol. The number of methoxy groups -OCH3 is 1. The summed E-state index contributed by atoms with van der Waals surface area (Å²) in [6.45, 7) is 2.82. The van der Waals surface area contributed by atoms with Gasteiger partial charge in [0.2, 0.25) is 0 Å². The fourth-order valence-electron chi connectivity index (χ4n) is 2.88. The Morgan fingerprint density at radius 3 is 2.48 bits per heavy atom. The summed E-state index contributed by atoms with van der Waals surface area (Å²) in [5, 5.41) is 7.69. The summed E-state index contributed by atoms with van der Waals surface area (Å²) in [5.74, 6) is 0.678. The van der Waals surface area contributed by atoms with Crippen molar-refractivity contribution >= 4 is 5.91 Å².